The van der Waals surface area contributed by atoms with Crippen LogP contribution in [0.5, 0.6) is 0 Å². The summed E-state index contributed by atoms with van der Waals surface area (Å²) in [6, 6.07) is 4.32. The summed E-state index contributed by atoms with van der Waals surface area (Å²) in [4.78, 5) is 1.26. The van der Waals surface area contributed by atoms with Crippen LogP contribution in [0.25, 0.3) is 0 Å². The van der Waals surface area contributed by atoms with Gasteiger partial charge in [0.2, 0.25) is 0 Å². The van der Waals surface area contributed by atoms with Gasteiger partial charge in [0.05, 0.1) is 12.1 Å². The van der Waals surface area contributed by atoms with Crippen LogP contribution in [0.3, 0.4) is 0 Å². The average Bonchev–Trinajstić information content (AvgIpc) is 2.74. The van der Waals surface area contributed by atoms with Crippen LogP contribution in [0.2, 0.25) is 0 Å². The Hall–Kier alpha value is -0.420. The number of nitrogens with two attached hydrogens (primary N) is 1. The molecule has 2 heterocycles. The van der Waals surface area contributed by atoms with Gasteiger partial charge in [-0.3, -0.25) is 5.84 Å². The first-order chi connectivity index (χ1) is 6.92. The molecule has 2 atom stereocenters. The van der Waals surface area contributed by atoms with Gasteiger partial charge in [-0.2, -0.15) is 0 Å². The van der Waals surface area contributed by atoms with Crippen molar-refractivity contribution in [2.45, 2.75) is 31.4 Å². The SMILES string of the molecule is NNC(c1cccs1)C1CCCCO1. The molecule has 14 heavy (non-hydrogen) atoms. The lowest BCUT2D eigenvalue weighted by Crippen LogP contribution is -2.39. The van der Waals surface area contributed by atoms with E-state index in [4.69, 9.17) is 10.6 Å². The molecule has 3 nitrogen and oxygen atoms in total. The van der Waals surface area contributed by atoms with E-state index in [1.165, 1.54) is 17.7 Å². The Morgan fingerprint density at radius 3 is 3.07 bits per heavy atom. The molecule has 2 rings (SSSR count). The van der Waals surface area contributed by atoms with E-state index < -0.39 is 0 Å². The van der Waals surface area contributed by atoms with Crippen molar-refractivity contribution in [2.24, 2.45) is 5.84 Å². The van der Waals surface area contributed by atoms with Gasteiger partial charge < -0.3 is 4.74 Å². The van der Waals surface area contributed by atoms with Crippen LogP contribution in [0, 0.1) is 0 Å². The minimum Gasteiger partial charge on any atom is -0.376 e. The maximum Gasteiger partial charge on any atom is 0.0814 e. The van der Waals surface area contributed by atoms with Crippen molar-refractivity contribution in [3.05, 3.63) is 22.4 Å². The van der Waals surface area contributed by atoms with Crippen LogP contribution in [0.1, 0.15) is 30.2 Å². The molecule has 78 valence electrons. The van der Waals surface area contributed by atoms with E-state index in [2.05, 4.69) is 16.9 Å². The van der Waals surface area contributed by atoms with Gasteiger partial charge in [0, 0.05) is 11.5 Å². The molecule has 3 N–H and O–H groups in total. The quantitative estimate of drug-likeness (QED) is 0.593. The molecule has 0 radical (unpaired) electrons. The highest BCUT2D eigenvalue weighted by atomic mass is 32.1. The average molecular weight is 212 g/mol. The van der Waals surface area contributed by atoms with E-state index in [1.807, 2.05) is 6.07 Å². The number of hydrogen-bond acceptors (Lipinski definition) is 4. The van der Waals surface area contributed by atoms with Gasteiger partial charge in [0.25, 0.3) is 0 Å². The Labute approximate surface area is 88.2 Å². The number of hydrazine groups is 1. The molecule has 1 fully saturated rings. The molecule has 4 heteroatoms. The van der Waals surface area contributed by atoms with Crippen molar-refractivity contribution in [1.82, 2.24) is 5.43 Å². The summed E-state index contributed by atoms with van der Waals surface area (Å²) in [5.74, 6) is 5.57. The van der Waals surface area contributed by atoms with E-state index in [0.29, 0.717) is 0 Å². The summed E-state index contributed by atoms with van der Waals surface area (Å²) in [6.45, 7) is 0.869. The number of hydrogen-bond donors (Lipinski definition) is 2. The molecule has 0 aromatic carbocycles. The number of nitrogens with one attached hydrogen (secondary N) is 1. The van der Waals surface area contributed by atoms with Crippen LogP contribution >= 0.6 is 11.3 Å². The van der Waals surface area contributed by atoms with Gasteiger partial charge in [-0.15, -0.1) is 11.3 Å². The third-order valence-corrected chi connectivity index (χ3v) is 3.57. The number of ether oxygens (including phenoxy) is 1. The summed E-state index contributed by atoms with van der Waals surface area (Å²) < 4.78 is 5.72. The number of rotatable bonds is 3. The lowest BCUT2D eigenvalue weighted by atomic mass is 10.0. The molecule has 1 aromatic heterocycles. The van der Waals surface area contributed by atoms with E-state index >= 15 is 0 Å². The normalized spacial score (nSPS) is 24.8. The van der Waals surface area contributed by atoms with Crippen molar-refractivity contribution >= 4 is 11.3 Å². The van der Waals surface area contributed by atoms with E-state index in [0.717, 1.165) is 13.0 Å². The molecule has 1 aliphatic rings. The maximum absolute atomic E-state index is 5.72. The van der Waals surface area contributed by atoms with Gasteiger partial charge in [0.15, 0.2) is 0 Å². The van der Waals surface area contributed by atoms with Crippen molar-refractivity contribution < 1.29 is 4.74 Å². The molecule has 1 aromatic rings. The summed E-state index contributed by atoms with van der Waals surface area (Å²) >= 11 is 1.73. The molecule has 1 aliphatic heterocycles. The summed E-state index contributed by atoms with van der Waals surface area (Å²) in [6.07, 6.45) is 3.77. The Morgan fingerprint density at radius 1 is 1.57 bits per heavy atom. The largest absolute Gasteiger partial charge is 0.376 e. The second-order valence-electron chi connectivity index (χ2n) is 3.56. The molecular formula is C10H16N2OS. The summed E-state index contributed by atoms with van der Waals surface area (Å²) in [5.41, 5.74) is 2.86. The predicted molar refractivity (Wildman–Crippen MR) is 58.0 cm³/mol. The minimum absolute atomic E-state index is 0.162. The molecule has 0 bridgehead atoms. The van der Waals surface area contributed by atoms with Crippen LogP contribution in [-0.2, 0) is 4.74 Å². The lowest BCUT2D eigenvalue weighted by molar-refractivity contribution is -0.00747. The first-order valence-corrected chi connectivity index (χ1v) is 5.91. The molecule has 0 amide bonds. The zero-order valence-electron chi connectivity index (χ0n) is 8.11. The van der Waals surface area contributed by atoms with Gasteiger partial charge in [-0.05, 0) is 30.7 Å². The van der Waals surface area contributed by atoms with Crippen molar-refractivity contribution in [3.8, 4) is 0 Å². The maximum atomic E-state index is 5.72. The molecular weight excluding hydrogens is 196 g/mol. The third-order valence-electron chi connectivity index (χ3n) is 2.62. The summed E-state index contributed by atoms with van der Waals surface area (Å²) in [7, 11) is 0. The fraction of sp³-hybridized carbons (Fsp3) is 0.600. The lowest BCUT2D eigenvalue weighted by Gasteiger charge is -2.29. The zero-order valence-corrected chi connectivity index (χ0v) is 8.93. The molecule has 0 spiro atoms. The fourth-order valence-corrected chi connectivity index (χ4v) is 2.71. The third kappa shape index (κ3) is 2.15. The van der Waals surface area contributed by atoms with E-state index in [9.17, 15) is 0 Å². The first kappa shape index (κ1) is 10.1. The van der Waals surface area contributed by atoms with E-state index in [-0.39, 0.29) is 12.1 Å². The Kier molecular flexibility index (Phi) is 3.53. The Morgan fingerprint density at radius 2 is 2.50 bits per heavy atom. The van der Waals surface area contributed by atoms with Gasteiger partial charge in [0.1, 0.15) is 0 Å². The van der Waals surface area contributed by atoms with Gasteiger partial charge in [-0.25, -0.2) is 5.43 Å². The van der Waals surface area contributed by atoms with Crippen LogP contribution in [0.4, 0.5) is 0 Å². The van der Waals surface area contributed by atoms with Crippen molar-refractivity contribution in [3.63, 3.8) is 0 Å². The highest BCUT2D eigenvalue weighted by Crippen LogP contribution is 2.28. The van der Waals surface area contributed by atoms with Crippen molar-refractivity contribution in [2.75, 3.05) is 6.61 Å². The van der Waals surface area contributed by atoms with Crippen LogP contribution in [-0.4, -0.2) is 12.7 Å². The van der Waals surface area contributed by atoms with Crippen molar-refractivity contribution in [1.29, 1.82) is 0 Å². The predicted octanol–water partition coefficient (Wildman–Crippen LogP) is 1.82. The number of thiophene rings is 1. The second kappa shape index (κ2) is 4.89. The Bertz CT molecular complexity index is 257. The molecule has 0 aliphatic carbocycles. The Balaban J connectivity index is 2.04. The fourth-order valence-electron chi connectivity index (χ4n) is 1.87. The monoisotopic (exact) mass is 212 g/mol. The van der Waals surface area contributed by atoms with Crippen LogP contribution in [0.15, 0.2) is 17.5 Å². The molecule has 1 saturated heterocycles. The molecule has 0 saturated carbocycles. The standard InChI is InChI=1S/C10H16N2OS/c11-12-10(9-5-3-7-14-9)8-4-1-2-6-13-8/h3,5,7-8,10,12H,1-2,4,6,11H2. The van der Waals surface area contributed by atoms with E-state index in [1.54, 1.807) is 11.3 Å². The highest BCUT2D eigenvalue weighted by molar-refractivity contribution is 7.10. The smallest absolute Gasteiger partial charge is 0.0814 e. The highest BCUT2D eigenvalue weighted by Gasteiger charge is 2.25. The van der Waals surface area contributed by atoms with Gasteiger partial charge in [-0.1, -0.05) is 6.07 Å². The second-order valence-corrected chi connectivity index (χ2v) is 4.54. The minimum atomic E-state index is 0.162. The first-order valence-electron chi connectivity index (χ1n) is 5.03. The van der Waals surface area contributed by atoms with Gasteiger partial charge >= 0.3 is 0 Å². The zero-order chi connectivity index (χ0) is 9.80. The summed E-state index contributed by atoms with van der Waals surface area (Å²) in [5, 5.41) is 2.07. The van der Waals surface area contributed by atoms with Crippen LogP contribution < -0.4 is 11.3 Å². The topological polar surface area (TPSA) is 47.3 Å². The molecule has 2 unspecified atom stereocenters.